The lowest BCUT2D eigenvalue weighted by Crippen LogP contribution is -2.20. The zero-order valence-corrected chi connectivity index (χ0v) is 18.1. The van der Waals surface area contributed by atoms with E-state index in [9.17, 15) is 4.79 Å². The van der Waals surface area contributed by atoms with Crippen molar-refractivity contribution in [2.45, 2.75) is 33.4 Å². The summed E-state index contributed by atoms with van der Waals surface area (Å²) in [5.41, 5.74) is 4.88. The van der Waals surface area contributed by atoms with Gasteiger partial charge in [0.15, 0.2) is 5.82 Å². The van der Waals surface area contributed by atoms with Crippen molar-refractivity contribution in [3.63, 3.8) is 0 Å². The van der Waals surface area contributed by atoms with Crippen LogP contribution < -0.4 is 5.32 Å². The van der Waals surface area contributed by atoms with Crippen molar-refractivity contribution in [2.24, 2.45) is 0 Å². The van der Waals surface area contributed by atoms with Crippen LogP contribution in [0, 0.1) is 25.2 Å². The lowest BCUT2D eigenvalue weighted by Gasteiger charge is -2.06. The molecule has 1 N–H and O–H groups in total. The summed E-state index contributed by atoms with van der Waals surface area (Å²) in [6, 6.07) is 16.0. The smallest absolute Gasteiger partial charge is 0.244 e. The minimum atomic E-state index is -0.179. The van der Waals surface area contributed by atoms with Gasteiger partial charge in [0.1, 0.15) is 0 Å². The number of aryl methyl sites for hydroxylation is 3. The summed E-state index contributed by atoms with van der Waals surface area (Å²) >= 11 is 0. The van der Waals surface area contributed by atoms with E-state index >= 15 is 0 Å². The maximum absolute atomic E-state index is 12.4. The number of benzene rings is 1. The van der Waals surface area contributed by atoms with Gasteiger partial charge in [-0.15, -0.1) is 0 Å². The molecular formula is C25H24N6O. The molecule has 4 aromatic rings. The topological polar surface area (TPSA) is 88.5 Å². The van der Waals surface area contributed by atoms with Crippen molar-refractivity contribution in [3.8, 4) is 11.9 Å². The highest BCUT2D eigenvalue weighted by Crippen LogP contribution is 2.22. The molecule has 3 heterocycles. The number of amides is 1. The van der Waals surface area contributed by atoms with Crippen LogP contribution in [0.2, 0.25) is 0 Å². The number of rotatable bonds is 7. The fraction of sp³-hybridized carbons (Fsp3) is 0.200. The predicted octanol–water partition coefficient (Wildman–Crippen LogP) is 4.08. The van der Waals surface area contributed by atoms with Gasteiger partial charge < -0.3 is 9.88 Å². The van der Waals surface area contributed by atoms with Crippen LogP contribution in [0.3, 0.4) is 0 Å². The highest BCUT2D eigenvalue weighted by atomic mass is 16.1. The number of carbonyl (C=O) groups excluding carboxylic acids is 1. The third-order valence-electron chi connectivity index (χ3n) is 5.20. The number of pyridine rings is 1. The number of hydrogen-bond donors (Lipinski definition) is 1. The first kappa shape index (κ1) is 21.1. The number of nitrogens with zero attached hydrogens (tertiary/aromatic N) is 5. The largest absolute Gasteiger partial charge is 0.348 e. The molecule has 7 heteroatoms. The molecule has 4 rings (SSSR count). The van der Waals surface area contributed by atoms with Crippen molar-refractivity contribution in [3.05, 3.63) is 83.4 Å². The second-order valence-electron chi connectivity index (χ2n) is 7.62. The van der Waals surface area contributed by atoms with Crippen molar-refractivity contribution >= 4 is 22.9 Å². The molecule has 0 aliphatic heterocycles. The first-order valence-corrected chi connectivity index (χ1v) is 10.4. The number of fused-ring (bicyclic) bond motifs is 1. The molecule has 0 fully saturated rings. The van der Waals surface area contributed by atoms with Gasteiger partial charge in [-0.05, 0) is 43.7 Å². The first-order chi connectivity index (χ1) is 15.5. The molecule has 0 spiro atoms. The SMILES string of the molecule is Cc1cc(C)n(-c2ccc(CNC(=O)C=Cc3cn(CCC#N)c4ccccc34)cn2)n1. The van der Waals surface area contributed by atoms with Crippen molar-refractivity contribution < 1.29 is 4.79 Å². The minimum Gasteiger partial charge on any atom is -0.348 e. The van der Waals surface area contributed by atoms with Gasteiger partial charge >= 0.3 is 0 Å². The van der Waals surface area contributed by atoms with Crippen LogP contribution in [-0.4, -0.2) is 25.2 Å². The number of hydrogen-bond acceptors (Lipinski definition) is 4. The average molecular weight is 425 g/mol. The van der Waals surface area contributed by atoms with Crippen LogP contribution >= 0.6 is 0 Å². The fourth-order valence-electron chi connectivity index (χ4n) is 3.68. The Morgan fingerprint density at radius 2 is 2.06 bits per heavy atom. The minimum absolute atomic E-state index is 0.179. The van der Waals surface area contributed by atoms with Crippen molar-refractivity contribution in [2.75, 3.05) is 0 Å². The van der Waals surface area contributed by atoms with Gasteiger partial charge in [0.25, 0.3) is 0 Å². The Kier molecular flexibility index (Phi) is 6.13. The van der Waals surface area contributed by atoms with Crippen LogP contribution in [0.5, 0.6) is 0 Å². The highest BCUT2D eigenvalue weighted by Gasteiger charge is 2.07. The normalized spacial score (nSPS) is 11.2. The summed E-state index contributed by atoms with van der Waals surface area (Å²) in [7, 11) is 0. The second-order valence-corrected chi connectivity index (χ2v) is 7.62. The third kappa shape index (κ3) is 4.60. The van der Waals surface area contributed by atoms with Crippen LogP contribution in [0.1, 0.15) is 28.9 Å². The van der Waals surface area contributed by atoms with Gasteiger partial charge in [-0.3, -0.25) is 4.79 Å². The molecule has 0 saturated heterocycles. The molecule has 160 valence electrons. The molecular weight excluding hydrogens is 400 g/mol. The van der Waals surface area contributed by atoms with Crippen LogP contribution in [-0.2, 0) is 17.9 Å². The molecule has 0 saturated carbocycles. The number of para-hydroxylation sites is 1. The zero-order chi connectivity index (χ0) is 22.5. The standard InChI is InChI=1S/C25H24N6O/c1-18-14-19(2)31(29-18)24-10-8-20(15-27-24)16-28-25(32)11-9-21-17-30(13-5-12-26)23-7-4-3-6-22(21)23/h3-4,6-11,14-15,17H,5,13,16H2,1-2H3,(H,28,32). The quantitative estimate of drug-likeness (QED) is 0.453. The summed E-state index contributed by atoms with van der Waals surface area (Å²) in [6.07, 6.45) is 7.51. The molecule has 0 aliphatic carbocycles. The van der Waals surface area contributed by atoms with E-state index in [1.165, 1.54) is 6.08 Å². The third-order valence-corrected chi connectivity index (χ3v) is 5.20. The van der Waals surface area contributed by atoms with E-state index in [2.05, 4.69) is 21.5 Å². The Morgan fingerprint density at radius 3 is 2.78 bits per heavy atom. The van der Waals surface area contributed by atoms with E-state index in [4.69, 9.17) is 5.26 Å². The lowest BCUT2D eigenvalue weighted by atomic mass is 10.1. The lowest BCUT2D eigenvalue weighted by molar-refractivity contribution is -0.116. The molecule has 32 heavy (non-hydrogen) atoms. The molecule has 0 atom stereocenters. The van der Waals surface area contributed by atoms with Crippen molar-refractivity contribution in [1.82, 2.24) is 24.6 Å². The molecule has 3 aromatic heterocycles. The van der Waals surface area contributed by atoms with Gasteiger partial charge in [-0.2, -0.15) is 10.4 Å². The number of aromatic nitrogens is 4. The van der Waals surface area contributed by atoms with Gasteiger partial charge in [0.2, 0.25) is 5.91 Å². The Hall–Kier alpha value is -4.18. The number of nitriles is 1. The summed E-state index contributed by atoms with van der Waals surface area (Å²) in [4.78, 5) is 16.8. The first-order valence-electron chi connectivity index (χ1n) is 10.4. The van der Waals surface area contributed by atoms with Gasteiger partial charge in [-0.25, -0.2) is 9.67 Å². The number of carbonyl (C=O) groups is 1. The molecule has 0 aliphatic rings. The molecule has 1 amide bonds. The van der Waals surface area contributed by atoms with Crippen LogP contribution in [0.15, 0.2) is 60.9 Å². The van der Waals surface area contributed by atoms with Gasteiger partial charge in [0.05, 0.1) is 18.2 Å². The summed E-state index contributed by atoms with van der Waals surface area (Å²) in [5, 5.41) is 17.3. The highest BCUT2D eigenvalue weighted by molar-refractivity contribution is 5.96. The van der Waals surface area contributed by atoms with E-state index in [1.807, 2.05) is 73.2 Å². The van der Waals surface area contributed by atoms with E-state index in [-0.39, 0.29) is 5.91 Å². The van der Waals surface area contributed by atoms with Crippen LogP contribution in [0.25, 0.3) is 22.8 Å². The Balaban J connectivity index is 1.40. The fourth-order valence-corrected chi connectivity index (χ4v) is 3.68. The summed E-state index contributed by atoms with van der Waals surface area (Å²) in [6.45, 7) is 4.95. The monoisotopic (exact) mass is 424 g/mol. The second kappa shape index (κ2) is 9.31. The van der Waals surface area contributed by atoms with Crippen LogP contribution in [0.4, 0.5) is 0 Å². The van der Waals surface area contributed by atoms with E-state index in [0.29, 0.717) is 19.5 Å². The average Bonchev–Trinajstić information content (AvgIpc) is 3.34. The zero-order valence-electron chi connectivity index (χ0n) is 18.1. The molecule has 0 unspecified atom stereocenters. The van der Waals surface area contributed by atoms with E-state index in [0.717, 1.165) is 39.2 Å². The van der Waals surface area contributed by atoms with Gasteiger partial charge in [0, 0.05) is 53.7 Å². The van der Waals surface area contributed by atoms with Gasteiger partial charge in [-0.1, -0.05) is 24.3 Å². The Bertz CT molecular complexity index is 1320. The maximum Gasteiger partial charge on any atom is 0.244 e. The Labute approximate surface area is 186 Å². The Morgan fingerprint density at radius 1 is 1.22 bits per heavy atom. The van der Waals surface area contributed by atoms with E-state index < -0.39 is 0 Å². The molecule has 0 bridgehead atoms. The molecule has 7 nitrogen and oxygen atoms in total. The molecule has 0 radical (unpaired) electrons. The summed E-state index contributed by atoms with van der Waals surface area (Å²) < 4.78 is 3.85. The number of nitrogens with one attached hydrogen (secondary N) is 1. The maximum atomic E-state index is 12.4. The van der Waals surface area contributed by atoms with Crippen molar-refractivity contribution in [1.29, 1.82) is 5.26 Å². The predicted molar refractivity (Wildman–Crippen MR) is 124 cm³/mol. The molecule has 1 aromatic carbocycles. The van der Waals surface area contributed by atoms with E-state index in [1.54, 1.807) is 10.9 Å². The summed E-state index contributed by atoms with van der Waals surface area (Å²) in [5.74, 6) is 0.569.